The number of rotatable bonds is 2. The maximum Gasteiger partial charge on any atom is 0.249 e. The molecule has 2 aliphatic heterocycles. The quantitative estimate of drug-likeness (QED) is 0.559. The number of ketones is 2. The van der Waals surface area contributed by atoms with Crippen LogP contribution in [-0.4, -0.2) is 59.5 Å². The highest BCUT2D eigenvalue weighted by Crippen LogP contribution is 2.38. The lowest BCUT2D eigenvalue weighted by atomic mass is 9.90. The van der Waals surface area contributed by atoms with Gasteiger partial charge in [-0.3, -0.25) is 9.59 Å². The van der Waals surface area contributed by atoms with E-state index in [-0.39, 0.29) is 11.3 Å². The molecule has 1 saturated heterocycles. The molecule has 1 atom stereocenters. The van der Waals surface area contributed by atoms with Crippen molar-refractivity contribution in [3.63, 3.8) is 0 Å². The Bertz CT molecular complexity index is 755. The molecule has 134 valence electrons. The predicted octanol–water partition coefficient (Wildman–Crippen LogP) is 3.19. The number of hydrogen-bond donors (Lipinski definition) is 0. The van der Waals surface area contributed by atoms with Crippen LogP contribution in [0.3, 0.4) is 0 Å². The molecular weight excluding hydrogens is 392 g/mol. The molecule has 2 aliphatic rings. The summed E-state index contributed by atoms with van der Waals surface area (Å²) in [6.07, 6.45) is 0. The van der Waals surface area contributed by atoms with E-state index in [2.05, 4.69) is 14.8 Å². The van der Waals surface area contributed by atoms with Crippen LogP contribution in [-0.2, 0) is 4.79 Å². The average Bonchev–Trinajstić information content (AvgIpc) is 2.54. The van der Waals surface area contributed by atoms with E-state index in [0.717, 1.165) is 31.9 Å². The summed E-state index contributed by atoms with van der Waals surface area (Å²) in [5, 5.41) is 0. The standard InChI is InChI=1S/C16H15Cl3FN3O2/c1-22-4-6-23(7-5-22)9-2-3-10-11(8-9)21-15(20)12(13(10)24)14(25)16(17,18)19/h2-3,8,12H,4-7H2,1H3. The Morgan fingerprint density at radius 2 is 1.88 bits per heavy atom. The number of carbonyl (C=O) groups excluding carboxylic acids is 2. The summed E-state index contributed by atoms with van der Waals surface area (Å²) in [7, 11) is 2.05. The first-order valence-corrected chi connectivity index (χ1v) is 8.79. The Morgan fingerprint density at radius 1 is 1.24 bits per heavy atom. The van der Waals surface area contributed by atoms with Crippen molar-refractivity contribution in [1.29, 1.82) is 0 Å². The summed E-state index contributed by atoms with van der Waals surface area (Å²) in [4.78, 5) is 32.7. The number of aliphatic imine (C=N–C) groups is 1. The number of fused-ring (bicyclic) bond motifs is 1. The van der Waals surface area contributed by atoms with Crippen LogP contribution in [0.4, 0.5) is 15.8 Å². The molecule has 2 heterocycles. The molecule has 3 rings (SSSR count). The molecule has 0 spiro atoms. The normalized spacial score (nSPS) is 21.8. The van der Waals surface area contributed by atoms with Crippen molar-refractivity contribution in [3.05, 3.63) is 23.8 Å². The van der Waals surface area contributed by atoms with Gasteiger partial charge < -0.3 is 9.80 Å². The zero-order valence-corrected chi connectivity index (χ0v) is 15.6. The van der Waals surface area contributed by atoms with Crippen molar-refractivity contribution in [2.75, 3.05) is 38.1 Å². The molecule has 5 nitrogen and oxygen atoms in total. The second kappa shape index (κ2) is 6.83. The number of nitrogens with zero attached hydrogens (tertiary/aromatic N) is 3. The van der Waals surface area contributed by atoms with E-state index in [1.807, 2.05) is 7.05 Å². The van der Waals surface area contributed by atoms with Crippen LogP contribution in [0.15, 0.2) is 23.2 Å². The number of hydrogen-bond acceptors (Lipinski definition) is 5. The minimum absolute atomic E-state index is 0.145. The number of anilines is 1. The summed E-state index contributed by atoms with van der Waals surface area (Å²) in [6.45, 7) is 3.47. The molecule has 0 amide bonds. The van der Waals surface area contributed by atoms with Crippen molar-refractivity contribution in [3.8, 4) is 0 Å². The summed E-state index contributed by atoms with van der Waals surface area (Å²) in [5.74, 6) is -4.85. The molecular formula is C16H15Cl3FN3O2. The van der Waals surface area contributed by atoms with Crippen LogP contribution in [0.1, 0.15) is 10.4 Å². The van der Waals surface area contributed by atoms with Crippen molar-refractivity contribution in [1.82, 2.24) is 4.90 Å². The van der Waals surface area contributed by atoms with E-state index in [4.69, 9.17) is 34.8 Å². The Hall–Kier alpha value is -1.21. The fraction of sp³-hybridized carbons (Fsp3) is 0.438. The average molecular weight is 407 g/mol. The van der Waals surface area contributed by atoms with Gasteiger partial charge in [-0.15, -0.1) is 0 Å². The maximum atomic E-state index is 14.3. The fourth-order valence-electron chi connectivity index (χ4n) is 2.92. The molecule has 1 unspecified atom stereocenters. The molecule has 0 N–H and O–H groups in total. The predicted molar refractivity (Wildman–Crippen MR) is 97.5 cm³/mol. The van der Waals surface area contributed by atoms with E-state index < -0.39 is 27.2 Å². The number of piperazine rings is 1. The number of alkyl halides is 3. The van der Waals surface area contributed by atoms with Crippen molar-refractivity contribution in [2.45, 2.75) is 3.79 Å². The second-order valence-electron chi connectivity index (χ2n) is 6.09. The summed E-state index contributed by atoms with van der Waals surface area (Å²) >= 11 is 16.5. The minimum Gasteiger partial charge on any atom is -0.369 e. The topological polar surface area (TPSA) is 53.0 Å². The summed E-state index contributed by atoms with van der Waals surface area (Å²) < 4.78 is 11.9. The molecule has 0 aliphatic carbocycles. The van der Waals surface area contributed by atoms with Crippen molar-refractivity contribution in [2.24, 2.45) is 10.9 Å². The van der Waals surface area contributed by atoms with Crippen LogP contribution in [0.25, 0.3) is 0 Å². The van der Waals surface area contributed by atoms with Crippen LogP contribution in [0.5, 0.6) is 0 Å². The van der Waals surface area contributed by atoms with Crippen LogP contribution in [0.2, 0.25) is 0 Å². The smallest absolute Gasteiger partial charge is 0.249 e. The highest BCUT2D eigenvalue weighted by atomic mass is 35.6. The van der Waals surface area contributed by atoms with E-state index >= 15 is 0 Å². The molecule has 0 saturated carbocycles. The van der Waals surface area contributed by atoms with Gasteiger partial charge in [0.1, 0.15) is 0 Å². The third-order valence-electron chi connectivity index (χ3n) is 4.38. The Kier molecular flexibility index (Phi) is 5.08. The van der Waals surface area contributed by atoms with Crippen molar-refractivity contribution < 1.29 is 14.0 Å². The van der Waals surface area contributed by atoms with Gasteiger partial charge in [0.25, 0.3) is 0 Å². The van der Waals surface area contributed by atoms with Gasteiger partial charge in [0.2, 0.25) is 15.5 Å². The summed E-state index contributed by atoms with van der Waals surface area (Å²) in [6, 6.07) is 4.95. The highest BCUT2D eigenvalue weighted by molar-refractivity contribution is 6.77. The van der Waals surface area contributed by atoms with E-state index in [1.54, 1.807) is 18.2 Å². The SMILES string of the molecule is CN1CCN(c2ccc3c(c2)N=C(F)C(C(=O)C(Cl)(Cl)Cl)C3=O)CC1. The fourth-order valence-corrected chi connectivity index (χ4v) is 3.24. The van der Waals surface area contributed by atoms with Gasteiger partial charge in [0.15, 0.2) is 11.7 Å². The Balaban J connectivity index is 1.91. The van der Waals surface area contributed by atoms with Crippen LogP contribution in [0, 0.1) is 5.92 Å². The monoisotopic (exact) mass is 405 g/mol. The van der Waals surface area contributed by atoms with E-state index in [0.29, 0.717) is 0 Å². The highest BCUT2D eigenvalue weighted by Gasteiger charge is 2.46. The molecule has 1 fully saturated rings. The lowest BCUT2D eigenvalue weighted by Gasteiger charge is -2.34. The largest absolute Gasteiger partial charge is 0.369 e. The van der Waals surface area contributed by atoms with Gasteiger partial charge in [0.05, 0.1) is 5.69 Å². The zero-order valence-electron chi connectivity index (χ0n) is 13.3. The van der Waals surface area contributed by atoms with Crippen LogP contribution < -0.4 is 4.90 Å². The molecule has 0 bridgehead atoms. The van der Waals surface area contributed by atoms with Gasteiger partial charge in [-0.2, -0.15) is 4.39 Å². The molecule has 9 heteroatoms. The van der Waals surface area contributed by atoms with Gasteiger partial charge >= 0.3 is 0 Å². The molecule has 25 heavy (non-hydrogen) atoms. The number of Topliss-reactive ketones (excluding diaryl/α,β-unsaturated/α-hetero) is 2. The third-order valence-corrected chi connectivity index (χ3v) is 4.94. The maximum absolute atomic E-state index is 14.3. The lowest BCUT2D eigenvalue weighted by Crippen LogP contribution is -2.44. The molecule has 1 aromatic rings. The van der Waals surface area contributed by atoms with Gasteiger partial charge in [-0.1, -0.05) is 34.8 Å². The van der Waals surface area contributed by atoms with E-state index in [1.165, 1.54) is 0 Å². The number of carbonyl (C=O) groups is 2. The minimum atomic E-state index is -2.38. The zero-order chi connectivity index (χ0) is 18.4. The van der Waals surface area contributed by atoms with Crippen molar-refractivity contribution >= 4 is 63.7 Å². The van der Waals surface area contributed by atoms with E-state index in [9.17, 15) is 14.0 Å². The molecule has 1 aromatic carbocycles. The number of halogens is 4. The summed E-state index contributed by atoms with van der Waals surface area (Å²) in [5.41, 5.74) is 1.18. The van der Waals surface area contributed by atoms with Gasteiger partial charge in [0, 0.05) is 37.4 Å². The van der Waals surface area contributed by atoms with Gasteiger partial charge in [-0.05, 0) is 25.2 Å². The first kappa shape index (κ1) is 18.6. The Labute approximate surface area is 159 Å². The van der Waals surface area contributed by atoms with Crippen LogP contribution >= 0.6 is 34.8 Å². The van der Waals surface area contributed by atoms with Gasteiger partial charge in [-0.25, -0.2) is 4.99 Å². The Morgan fingerprint density at radius 3 is 2.48 bits per heavy atom. The number of likely N-dealkylation sites (N-methyl/N-ethyl adjacent to an activating group) is 1. The third kappa shape index (κ3) is 3.67. The molecule has 0 radical (unpaired) electrons. The lowest BCUT2D eigenvalue weighted by molar-refractivity contribution is -0.119. The first-order chi connectivity index (χ1) is 11.7. The molecule has 0 aromatic heterocycles. The first-order valence-electron chi connectivity index (χ1n) is 7.65. The number of benzene rings is 1. The second-order valence-corrected chi connectivity index (χ2v) is 8.37.